The normalized spacial score (nSPS) is 12.2. The second-order valence-corrected chi connectivity index (χ2v) is 5.44. The number of aryl methyl sites for hydroxylation is 3. The molecule has 5 nitrogen and oxygen atoms in total. The van der Waals surface area contributed by atoms with Crippen molar-refractivity contribution in [3.63, 3.8) is 0 Å². The van der Waals surface area contributed by atoms with E-state index in [2.05, 4.69) is 10.4 Å². The van der Waals surface area contributed by atoms with Gasteiger partial charge in [-0.1, -0.05) is 17.7 Å². The van der Waals surface area contributed by atoms with E-state index in [1.165, 1.54) is 10.2 Å². The van der Waals surface area contributed by atoms with Gasteiger partial charge in [-0.2, -0.15) is 5.10 Å². The summed E-state index contributed by atoms with van der Waals surface area (Å²) in [6.45, 7) is 7.77. The van der Waals surface area contributed by atoms with Crippen LogP contribution < -0.4 is 5.32 Å². The van der Waals surface area contributed by atoms with Crippen molar-refractivity contribution < 1.29 is 9.90 Å². The molecule has 1 amide bonds. The molecular formula is C16H21N3O2. The molecule has 0 spiro atoms. The Morgan fingerprint density at radius 3 is 2.48 bits per heavy atom. The number of hydrogen-bond donors (Lipinski definition) is 2. The number of benzene rings is 1. The van der Waals surface area contributed by atoms with Gasteiger partial charge in [0, 0.05) is 11.9 Å². The van der Waals surface area contributed by atoms with Crippen LogP contribution in [0.4, 0.5) is 5.69 Å². The number of nitrogens with one attached hydrogen (secondary N) is 1. The second-order valence-electron chi connectivity index (χ2n) is 5.44. The number of rotatable bonds is 4. The van der Waals surface area contributed by atoms with Crippen LogP contribution in [-0.4, -0.2) is 20.8 Å². The monoisotopic (exact) mass is 287 g/mol. The molecule has 0 saturated heterocycles. The molecule has 1 aromatic heterocycles. The van der Waals surface area contributed by atoms with Gasteiger partial charge in [-0.05, 0) is 44.9 Å². The van der Waals surface area contributed by atoms with Crippen LogP contribution in [0, 0.1) is 20.8 Å². The topological polar surface area (TPSA) is 67.2 Å². The van der Waals surface area contributed by atoms with E-state index >= 15 is 0 Å². The van der Waals surface area contributed by atoms with Gasteiger partial charge in [0.15, 0.2) is 0 Å². The summed E-state index contributed by atoms with van der Waals surface area (Å²) in [6.07, 6.45) is 1.06. The van der Waals surface area contributed by atoms with Gasteiger partial charge in [-0.3, -0.25) is 9.48 Å². The summed E-state index contributed by atoms with van der Waals surface area (Å²) in [4.78, 5) is 12.1. The van der Waals surface area contributed by atoms with Gasteiger partial charge in [0.2, 0.25) is 5.91 Å². The Morgan fingerprint density at radius 2 is 1.95 bits per heavy atom. The molecule has 2 aromatic rings. The summed E-state index contributed by atoms with van der Waals surface area (Å²) >= 11 is 0. The number of aliphatic hydroxyl groups is 1. The Balaban J connectivity index is 2.08. The van der Waals surface area contributed by atoms with Crippen molar-refractivity contribution >= 4 is 11.6 Å². The molecule has 1 heterocycles. The fraction of sp³-hybridized carbons (Fsp3) is 0.375. The van der Waals surface area contributed by atoms with Crippen LogP contribution in [0.2, 0.25) is 0 Å². The summed E-state index contributed by atoms with van der Waals surface area (Å²) in [5.74, 6) is -0.134. The summed E-state index contributed by atoms with van der Waals surface area (Å²) in [5, 5.41) is 16.5. The molecule has 0 unspecified atom stereocenters. The molecule has 0 fully saturated rings. The first-order valence-electron chi connectivity index (χ1n) is 6.96. The molecule has 1 atom stereocenters. The summed E-state index contributed by atoms with van der Waals surface area (Å²) < 4.78 is 1.52. The SMILES string of the molecule is Cc1cc(C)c(NC(=O)Cn2ccc([C@@H](C)O)n2)c(C)c1. The van der Waals surface area contributed by atoms with E-state index in [9.17, 15) is 9.90 Å². The minimum absolute atomic E-state index is 0.124. The van der Waals surface area contributed by atoms with Gasteiger partial charge < -0.3 is 10.4 Å². The van der Waals surface area contributed by atoms with Crippen molar-refractivity contribution in [1.82, 2.24) is 9.78 Å². The number of nitrogens with zero attached hydrogens (tertiary/aromatic N) is 2. The standard InChI is InChI=1S/C16H21N3O2/c1-10-7-11(2)16(12(3)8-10)17-15(21)9-19-6-5-14(18-19)13(4)20/h5-8,13,20H,9H2,1-4H3,(H,17,21)/t13-/m1/s1. The Kier molecular flexibility index (Phi) is 4.43. The van der Waals surface area contributed by atoms with Crippen molar-refractivity contribution in [1.29, 1.82) is 0 Å². The number of hydrogen-bond acceptors (Lipinski definition) is 3. The van der Waals surface area contributed by atoms with E-state index in [4.69, 9.17) is 0 Å². The Morgan fingerprint density at radius 1 is 1.33 bits per heavy atom. The number of aliphatic hydroxyl groups excluding tert-OH is 1. The molecule has 2 rings (SSSR count). The smallest absolute Gasteiger partial charge is 0.246 e. The molecule has 0 aliphatic carbocycles. The van der Waals surface area contributed by atoms with Gasteiger partial charge in [-0.15, -0.1) is 0 Å². The fourth-order valence-electron chi connectivity index (χ4n) is 2.39. The van der Waals surface area contributed by atoms with Crippen molar-refractivity contribution in [2.75, 3.05) is 5.32 Å². The Hall–Kier alpha value is -2.14. The lowest BCUT2D eigenvalue weighted by atomic mass is 10.1. The maximum absolute atomic E-state index is 12.1. The van der Waals surface area contributed by atoms with Crippen molar-refractivity contribution in [2.24, 2.45) is 0 Å². The van der Waals surface area contributed by atoms with E-state index in [1.54, 1.807) is 19.2 Å². The van der Waals surface area contributed by atoms with E-state index in [0.29, 0.717) is 5.69 Å². The van der Waals surface area contributed by atoms with Crippen molar-refractivity contribution in [2.45, 2.75) is 40.3 Å². The van der Waals surface area contributed by atoms with Crippen LogP contribution in [0.25, 0.3) is 0 Å². The number of carbonyl (C=O) groups is 1. The van der Waals surface area contributed by atoms with E-state index < -0.39 is 6.10 Å². The third kappa shape index (κ3) is 3.70. The van der Waals surface area contributed by atoms with Gasteiger partial charge in [0.1, 0.15) is 6.54 Å². The quantitative estimate of drug-likeness (QED) is 0.908. The minimum atomic E-state index is -0.629. The first kappa shape index (κ1) is 15.3. The highest BCUT2D eigenvalue weighted by Crippen LogP contribution is 2.21. The second kappa shape index (κ2) is 6.10. The zero-order chi connectivity index (χ0) is 15.6. The molecule has 0 aliphatic rings. The zero-order valence-electron chi connectivity index (χ0n) is 12.8. The number of anilines is 1. The van der Waals surface area contributed by atoms with Gasteiger partial charge in [-0.25, -0.2) is 0 Å². The average Bonchev–Trinajstić information content (AvgIpc) is 2.82. The number of amides is 1. The summed E-state index contributed by atoms with van der Waals surface area (Å²) in [5.41, 5.74) is 4.69. The number of carbonyl (C=O) groups excluding carboxylic acids is 1. The van der Waals surface area contributed by atoms with Gasteiger partial charge >= 0.3 is 0 Å². The largest absolute Gasteiger partial charge is 0.387 e. The summed E-state index contributed by atoms with van der Waals surface area (Å²) in [6, 6.07) is 5.80. The highest BCUT2D eigenvalue weighted by atomic mass is 16.3. The predicted molar refractivity (Wildman–Crippen MR) is 82.1 cm³/mol. The van der Waals surface area contributed by atoms with Crippen LogP contribution in [0.3, 0.4) is 0 Å². The molecule has 1 aromatic carbocycles. The molecule has 0 aliphatic heterocycles. The molecular weight excluding hydrogens is 266 g/mol. The Bertz CT molecular complexity index is 636. The zero-order valence-corrected chi connectivity index (χ0v) is 12.8. The third-order valence-electron chi connectivity index (χ3n) is 3.34. The molecule has 21 heavy (non-hydrogen) atoms. The van der Waals surface area contributed by atoms with Crippen LogP contribution in [0.15, 0.2) is 24.4 Å². The summed E-state index contributed by atoms with van der Waals surface area (Å²) in [7, 11) is 0. The molecule has 0 bridgehead atoms. The van der Waals surface area contributed by atoms with Crippen LogP contribution in [-0.2, 0) is 11.3 Å². The molecule has 5 heteroatoms. The predicted octanol–water partition coefficient (Wildman–Crippen LogP) is 2.50. The lowest BCUT2D eigenvalue weighted by Crippen LogP contribution is -2.20. The van der Waals surface area contributed by atoms with E-state index in [0.717, 1.165) is 16.8 Å². The van der Waals surface area contributed by atoms with Crippen LogP contribution >= 0.6 is 0 Å². The maximum atomic E-state index is 12.1. The highest BCUT2D eigenvalue weighted by molar-refractivity contribution is 5.92. The van der Waals surface area contributed by atoms with Gasteiger partial charge in [0.05, 0.1) is 11.8 Å². The molecule has 2 N–H and O–H groups in total. The highest BCUT2D eigenvalue weighted by Gasteiger charge is 2.11. The number of aromatic nitrogens is 2. The van der Waals surface area contributed by atoms with Crippen molar-refractivity contribution in [3.8, 4) is 0 Å². The fourth-order valence-corrected chi connectivity index (χ4v) is 2.39. The Labute approximate surface area is 124 Å². The first-order valence-corrected chi connectivity index (χ1v) is 6.96. The van der Waals surface area contributed by atoms with Crippen LogP contribution in [0.1, 0.15) is 35.4 Å². The maximum Gasteiger partial charge on any atom is 0.246 e. The molecule has 112 valence electrons. The first-order chi connectivity index (χ1) is 9.86. The van der Waals surface area contributed by atoms with Crippen LogP contribution in [0.5, 0.6) is 0 Å². The minimum Gasteiger partial charge on any atom is -0.387 e. The van der Waals surface area contributed by atoms with E-state index in [-0.39, 0.29) is 12.5 Å². The lowest BCUT2D eigenvalue weighted by Gasteiger charge is -2.13. The van der Waals surface area contributed by atoms with E-state index in [1.807, 2.05) is 32.9 Å². The van der Waals surface area contributed by atoms with Crippen molar-refractivity contribution in [3.05, 3.63) is 46.8 Å². The average molecular weight is 287 g/mol. The lowest BCUT2D eigenvalue weighted by molar-refractivity contribution is -0.116. The third-order valence-corrected chi connectivity index (χ3v) is 3.34. The molecule has 0 radical (unpaired) electrons. The molecule has 0 saturated carbocycles. The van der Waals surface area contributed by atoms with Gasteiger partial charge in [0.25, 0.3) is 0 Å².